The quantitative estimate of drug-likeness (QED) is 0.765. The van der Waals surface area contributed by atoms with Gasteiger partial charge in [-0.05, 0) is 24.9 Å². The molecule has 108 valence electrons. The van der Waals surface area contributed by atoms with Crippen LogP contribution in [0.25, 0.3) is 0 Å². The second kappa shape index (κ2) is 8.73. The highest BCUT2D eigenvalue weighted by atomic mass is 35.5. The molecule has 5 heteroatoms. The van der Waals surface area contributed by atoms with E-state index in [0.29, 0.717) is 25.0 Å². The first-order chi connectivity index (χ1) is 8.06. The fraction of sp³-hybridized carbons (Fsp3) is 0.923. The molecule has 0 aromatic rings. The molecule has 1 aliphatic rings. The Labute approximate surface area is 117 Å². The van der Waals surface area contributed by atoms with Crippen molar-refractivity contribution in [2.24, 2.45) is 17.8 Å². The van der Waals surface area contributed by atoms with Gasteiger partial charge >= 0.3 is 0 Å². The number of carbonyl (C=O) groups excluding carboxylic acids is 1. The maximum Gasteiger partial charge on any atom is 0.225 e. The summed E-state index contributed by atoms with van der Waals surface area (Å²) in [6.45, 7) is 10.4. The highest BCUT2D eigenvalue weighted by Gasteiger charge is 2.31. The van der Waals surface area contributed by atoms with Gasteiger partial charge in [-0.3, -0.25) is 4.79 Å². The first kappa shape index (κ1) is 17.7. The minimum Gasteiger partial charge on any atom is -0.383 e. The van der Waals surface area contributed by atoms with Crippen LogP contribution in [0.15, 0.2) is 0 Å². The molecule has 0 aromatic heterocycles. The van der Waals surface area contributed by atoms with E-state index in [1.807, 2.05) is 11.8 Å². The van der Waals surface area contributed by atoms with Gasteiger partial charge in [0.1, 0.15) is 0 Å². The second-order valence-electron chi connectivity index (χ2n) is 5.38. The predicted octanol–water partition coefficient (Wildman–Crippen LogP) is 1.39. The average Bonchev–Trinajstić information content (AvgIpc) is 2.20. The summed E-state index contributed by atoms with van der Waals surface area (Å²) in [5, 5.41) is 3.22. The van der Waals surface area contributed by atoms with E-state index in [-0.39, 0.29) is 24.2 Å². The van der Waals surface area contributed by atoms with Gasteiger partial charge in [-0.2, -0.15) is 0 Å². The zero-order valence-corrected chi connectivity index (χ0v) is 12.8. The Bertz CT molecular complexity index is 245. The summed E-state index contributed by atoms with van der Waals surface area (Å²) in [5.41, 5.74) is 0. The summed E-state index contributed by atoms with van der Waals surface area (Å²) in [7, 11) is 1.68. The molecule has 1 atom stereocenters. The third-order valence-electron chi connectivity index (χ3n) is 3.37. The molecule has 0 bridgehead atoms. The second-order valence-corrected chi connectivity index (χ2v) is 5.38. The van der Waals surface area contributed by atoms with Gasteiger partial charge in [-0.25, -0.2) is 0 Å². The molecule has 1 N–H and O–H groups in total. The van der Waals surface area contributed by atoms with Gasteiger partial charge in [0.2, 0.25) is 5.91 Å². The van der Waals surface area contributed by atoms with Crippen LogP contribution in [-0.2, 0) is 9.53 Å². The van der Waals surface area contributed by atoms with Crippen molar-refractivity contribution in [2.75, 3.05) is 39.9 Å². The predicted molar refractivity (Wildman–Crippen MR) is 76.1 cm³/mol. The number of rotatable bonds is 7. The van der Waals surface area contributed by atoms with Gasteiger partial charge in [0, 0.05) is 26.1 Å². The number of methoxy groups -OCH3 is 1. The maximum atomic E-state index is 12.4. The van der Waals surface area contributed by atoms with Crippen LogP contribution in [0.4, 0.5) is 0 Å². The molecular weight excluding hydrogens is 252 g/mol. The topological polar surface area (TPSA) is 41.6 Å². The third-order valence-corrected chi connectivity index (χ3v) is 3.37. The molecule has 0 radical (unpaired) electrons. The van der Waals surface area contributed by atoms with E-state index in [1.54, 1.807) is 7.11 Å². The van der Waals surface area contributed by atoms with Crippen LogP contribution >= 0.6 is 12.4 Å². The van der Waals surface area contributed by atoms with Crippen LogP contribution in [0.5, 0.6) is 0 Å². The molecule has 1 rings (SSSR count). The Morgan fingerprint density at radius 2 is 2.00 bits per heavy atom. The zero-order valence-electron chi connectivity index (χ0n) is 11.9. The monoisotopic (exact) mass is 278 g/mol. The van der Waals surface area contributed by atoms with Gasteiger partial charge in [0.15, 0.2) is 0 Å². The normalized spacial score (nSPS) is 16.9. The molecule has 1 aliphatic heterocycles. The van der Waals surface area contributed by atoms with Crippen molar-refractivity contribution in [1.82, 2.24) is 10.2 Å². The number of hydrogen-bond acceptors (Lipinski definition) is 3. The molecule has 1 unspecified atom stereocenters. The molecule has 0 aromatic carbocycles. The molecule has 4 nitrogen and oxygen atoms in total. The fourth-order valence-electron chi connectivity index (χ4n) is 2.09. The van der Waals surface area contributed by atoms with E-state index in [2.05, 4.69) is 19.2 Å². The minimum absolute atomic E-state index is 0. The number of ether oxygens (including phenoxy) is 1. The van der Waals surface area contributed by atoms with E-state index in [0.717, 1.165) is 19.6 Å². The first-order valence-electron chi connectivity index (χ1n) is 6.54. The molecular formula is C13H27ClN2O2. The Hall–Kier alpha value is -0.320. The summed E-state index contributed by atoms with van der Waals surface area (Å²) < 4.78 is 5.08. The van der Waals surface area contributed by atoms with E-state index >= 15 is 0 Å². The Morgan fingerprint density at radius 3 is 2.39 bits per heavy atom. The van der Waals surface area contributed by atoms with Crippen molar-refractivity contribution in [3.63, 3.8) is 0 Å². The Kier molecular flexibility index (Phi) is 8.57. The molecule has 1 fully saturated rings. The molecule has 1 amide bonds. The number of amides is 1. The number of halogens is 1. The molecule has 1 heterocycles. The SMILES string of the molecule is COCCN(CC(C)C)C(=O)C(C)C1CNC1.Cl. The smallest absolute Gasteiger partial charge is 0.225 e. The lowest BCUT2D eigenvalue weighted by molar-refractivity contribution is -0.138. The summed E-state index contributed by atoms with van der Waals surface area (Å²) in [6, 6.07) is 0. The van der Waals surface area contributed by atoms with E-state index in [9.17, 15) is 4.79 Å². The standard InChI is InChI=1S/C13H26N2O2.ClH/c1-10(2)9-15(5-6-17-4)13(16)11(3)12-7-14-8-12;/h10-12,14H,5-9H2,1-4H3;1H. The molecule has 1 saturated heterocycles. The van der Waals surface area contributed by atoms with Crippen molar-refractivity contribution in [3.8, 4) is 0 Å². The lowest BCUT2D eigenvalue weighted by Crippen LogP contribution is -2.51. The summed E-state index contributed by atoms with van der Waals surface area (Å²) in [4.78, 5) is 14.3. The largest absolute Gasteiger partial charge is 0.383 e. The lowest BCUT2D eigenvalue weighted by Gasteiger charge is -2.35. The van der Waals surface area contributed by atoms with Crippen LogP contribution in [0, 0.1) is 17.8 Å². The van der Waals surface area contributed by atoms with Gasteiger partial charge in [-0.1, -0.05) is 20.8 Å². The number of carbonyl (C=O) groups is 1. The summed E-state index contributed by atoms with van der Waals surface area (Å²) in [5.74, 6) is 1.43. The number of nitrogens with one attached hydrogen (secondary N) is 1. The Balaban J connectivity index is 0.00000289. The fourth-order valence-corrected chi connectivity index (χ4v) is 2.09. The van der Waals surface area contributed by atoms with Crippen molar-refractivity contribution in [3.05, 3.63) is 0 Å². The van der Waals surface area contributed by atoms with Crippen LogP contribution in [-0.4, -0.2) is 50.7 Å². The summed E-state index contributed by atoms with van der Waals surface area (Å²) >= 11 is 0. The zero-order chi connectivity index (χ0) is 12.8. The molecule has 0 saturated carbocycles. The maximum absolute atomic E-state index is 12.4. The highest BCUT2D eigenvalue weighted by molar-refractivity contribution is 5.85. The first-order valence-corrected chi connectivity index (χ1v) is 6.54. The van der Waals surface area contributed by atoms with Gasteiger partial charge in [-0.15, -0.1) is 12.4 Å². The molecule has 18 heavy (non-hydrogen) atoms. The van der Waals surface area contributed by atoms with Gasteiger partial charge in [0.05, 0.1) is 6.61 Å². The van der Waals surface area contributed by atoms with Crippen LogP contribution in [0.2, 0.25) is 0 Å². The van der Waals surface area contributed by atoms with Gasteiger partial charge < -0.3 is 15.0 Å². The summed E-state index contributed by atoms with van der Waals surface area (Å²) in [6.07, 6.45) is 0. The van der Waals surface area contributed by atoms with Gasteiger partial charge in [0.25, 0.3) is 0 Å². The van der Waals surface area contributed by atoms with Crippen molar-refractivity contribution in [1.29, 1.82) is 0 Å². The van der Waals surface area contributed by atoms with E-state index in [1.165, 1.54) is 0 Å². The van der Waals surface area contributed by atoms with Crippen molar-refractivity contribution < 1.29 is 9.53 Å². The molecule has 0 spiro atoms. The lowest BCUT2D eigenvalue weighted by atomic mass is 9.88. The van der Waals surface area contributed by atoms with E-state index in [4.69, 9.17) is 4.74 Å². The minimum atomic E-state index is 0. The van der Waals surface area contributed by atoms with Crippen molar-refractivity contribution in [2.45, 2.75) is 20.8 Å². The van der Waals surface area contributed by atoms with Crippen molar-refractivity contribution >= 4 is 18.3 Å². The molecule has 0 aliphatic carbocycles. The third kappa shape index (κ3) is 5.12. The average molecular weight is 279 g/mol. The van der Waals surface area contributed by atoms with Crippen LogP contribution in [0.1, 0.15) is 20.8 Å². The van der Waals surface area contributed by atoms with Crippen LogP contribution in [0.3, 0.4) is 0 Å². The van der Waals surface area contributed by atoms with Crippen LogP contribution < -0.4 is 5.32 Å². The number of hydrogen-bond donors (Lipinski definition) is 1. The van der Waals surface area contributed by atoms with E-state index < -0.39 is 0 Å². The Morgan fingerprint density at radius 1 is 1.39 bits per heavy atom. The highest BCUT2D eigenvalue weighted by Crippen LogP contribution is 2.19. The number of nitrogens with zero attached hydrogens (tertiary/aromatic N) is 1.